The lowest BCUT2D eigenvalue weighted by Gasteiger charge is -2.20. The van der Waals surface area contributed by atoms with E-state index in [1.54, 1.807) is 6.92 Å². The van der Waals surface area contributed by atoms with Crippen molar-refractivity contribution in [2.45, 2.75) is 45.6 Å². The van der Waals surface area contributed by atoms with Crippen LogP contribution < -0.4 is 15.6 Å². The Hall–Kier alpha value is -2.89. The van der Waals surface area contributed by atoms with Crippen molar-refractivity contribution in [1.82, 2.24) is 10.9 Å². The first-order chi connectivity index (χ1) is 12.6. The summed E-state index contributed by atoms with van der Waals surface area (Å²) in [6.07, 6.45) is -0.749. The maximum Gasteiger partial charge on any atom is 0.279 e. The van der Waals surface area contributed by atoms with E-state index in [1.807, 2.05) is 24.3 Å². The molecule has 27 heavy (non-hydrogen) atoms. The average Bonchev–Trinajstić information content (AvgIpc) is 2.61. The molecule has 0 aliphatic rings. The lowest BCUT2D eigenvalue weighted by molar-refractivity contribution is -0.132. The van der Waals surface area contributed by atoms with Gasteiger partial charge in [0.1, 0.15) is 11.6 Å². The molecule has 0 saturated carbocycles. The third kappa shape index (κ3) is 6.40. The molecule has 0 saturated heterocycles. The van der Waals surface area contributed by atoms with Gasteiger partial charge in [0, 0.05) is 0 Å². The fraction of sp³-hybridized carbons (Fsp3) is 0.333. The van der Waals surface area contributed by atoms with Crippen molar-refractivity contribution in [3.8, 4) is 5.75 Å². The Morgan fingerprint density at radius 1 is 1.00 bits per heavy atom. The Labute approximate surface area is 158 Å². The molecule has 2 aromatic carbocycles. The van der Waals surface area contributed by atoms with Gasteiger partial charge in [0.2, 0.25) is 5.91 Å². The van der Waals surface area contributed by atoms with Crippen molar-refractivity contribution in [1.29, 1.82) is 0 Å². The summed E-state index contributed by atoms with van der Waals surface area (Å²) >= 11 is 0. The van der Waals surface area contributed by atoms with E-state index >= 15 is 0 Å². The molecule has 144 valence electrons. The van der Waals surface area contributed by atoms with Crippen LogP contribution in [-0.4, -0.2) is 17.9 Å². The van der Waals surface area contributed by atoms with E-state index in [9.17, 15) is 14.0 Å². The van der Waals surface area contributed by atoms with Crippen molar-refractivity contribution >= 4 is 11.8 Å². The molecule has 6 heteroatoms. The van der Waals surface area contributed by atoms with E-state index in [-0.39, 0.29) is 17.7 Å². The van der Waals surface area contributed by atoms with Gasteiger partial charge in [0.05, 0.1) is 6.42 Å². The number of hydrogen-bond donors (Lipinski definition) is 2. The van der Waals surface area contributed by atoms with E-state index in [2.05, 4.69) is 31.6 Å². The Morgan fingerprint density at radius 3 is 2.15 bits per heavy atom. The van der Waals surface area contributed by atoms with E-state index in [0.717, 1.165) is 0 Å². The zero-order valence-corrected chi connectivity index (χ0v) is 16.0. The van der Waals surface area contributed by atoms with Gasteiger partial charge in [-0.05, 0) is 47.7 Å². The standard InChI is InChI=1S/C21H25FN2O3/c1-14(27-18-11-7-16(8-12-18)21(2,3)4)20(26)24-23-19(25)13-15-5-9-17(22)10-6-15/h5-12,14H,13H2,1-4H3,(H,23,25)(H,24,26)/t14-/m1/s1. The minimum atomic E-state index is -0.781. The molecule has 2 aromatic rings. The van der Waals surface area contributed by atoms with Gasteiger partial charge in [-0.2, -0.15) is 0 Å². The first-order valence-electron chi connectivity index (χ1n) is 8.75. The van der Waals surface area contributed by atoms with Crippen LogP contribution in [0.3, 0.4) is 0 Å². The molecule has 1 atom stereocenters. The number of hydrogen-bond acceptors (Lipinski definition) is 3. The van der Waals surface area contributed by atoms with Crippen molar-refractivity contribution in [2.75, 3.05) is 0 Å². The van der Waals surface area contributed by atoms with Crippen LogP contribution in [-0.2, 0) is 21.4 Å². The van der Waals surface area contributed by atoms with Gasteiger partial charge in [0.25, 0.3) is 5.91 Å². The number of nitrogens with one attached hydrogen (secondary N) is 2. The van der Waals surface area contributed by atoms with Gasteiger partial charge >= 0.3 is 0 Å². The molecule has 2 rings (SSSR count). The molecule has 0 aromatic heterocycles. The highest BCUT2D eigenvalue weighted by Crippen LogP contribution is 2.24. The van der Waals surface area contributed by atoms with Gasteiger partial charge in [-0.3, -0.25) is 20.4 Å². The van der Waals surface area contributed by atoms with Crippen LogP contribution in [0.4, 0.5) is 4.39 Å². The molecular formula is C21H25FN2O3. The smallest absolute Gasteiger partial charge is 0.279 e. The second-order valence-corrected chi connectivity index (χ2v) is 7.38. The number of benzene rings is 2. The Morgan fingerprint density at radius 2 is 1.59 bits per heavy atom. The van der Waals surface area contributed by atoms with Crippen LogP contribution in [0, 0.1) is 5.82 Å². The number of ether oxygens (including phenoxy) is 1. The summed E-state index contributed by atoms with van der Waals surface area (Å²) < 4.78 is 18.5. The van der Waals surface area contributed by atoms with Gasteiger partial charge in [-0.25, -0.2) is 4.39 Å². The number of hydrazine groups is 1. The minimum absolute atomic E-state index is 0.0318. The normalized spacial score (nSPS) is 12.2. The Bertz CT molecular complexity index is 781. The topological polar surface area (TPSA) is 67.4 Å². The number of rotatable bonds is 5. The molecule has 2 N–H and O–H groups in total. The lowest BCUT2D eigenvalue weighted by atomic mass is 9.87. The maximum atomic E-state index is 12.9. The molecule has 0 heterocycles. The van der Waals surface area contributed by atoms with E-state index in [0.29, 0.717) is 11.3 Å². The fourth-order valence-corrected chi connectivity index (χ4v) is 2.36. The van der Waals surface area contributed by atoms with Crippen LogP contribution >= 0.6 is 0 Å². The second-order valence-electron chi connectivity index (χ2n) is 7.38. The number of amides is 2. The first kappa shape index (κ1) is 20.4. The van der Waals surface area contributed by atoms with Crippen LogP contribution in [0.1, 0.15) is 38.8 Å². The highest BCUT2D eigenvalue weighted by molar-refractivity contribution is 5.85. The average molecular weight is 372 g/mol. The third-order valence-corrected chi connectivity index (χ3v) is 4.01. The SMILES string of the molecule is C[C@@H](Oc1ccc(C(C)(C)C)cc1)C(=O)NNC(=O)Cc1ccc(F)cc1. The van der Waals surface area contributed by atoms with Crippen LogP contribution in [0.5, 0.6) is 5.75 Å². The lowest BCUT2D eigenvalue weighted by Crippen LogP contribution is -2.47. The Balaban J connectivity index is 1.81. The summed E-state index contributed by atoms with van der Waals surface area (Å²) in [5.41, 5.74) is 6.51. The molecule has 0 aliphatic heterocycles. The molecule has 0 radical (unpaired) electrons. The number of carbonyl (C=O) groups is 2. The Kier molecular flexibility index (Phi) is 6.55. The van der Waals surface area contributed by atoms with Crippen LogP contribution in [0.2, 0.25) is 0 Å². The summed E-state index contributed by atoms with van der Waals surface area (Å²) in [4.78, 5) is 23.9. The van der Waals surface area contributed by atoms with E-state index in [4.69, 9.17) is 4.74 Å². The van der Waals surface area contributed by atoms with Gasteiger partial charge in [-0.1, -0.05) is 45.0 Å². The monoisotopic (exact) mass is 372 g/mol. The zero-order chi connectivity index (χ0) is 20.0. The van der Waals surface area contributed by atoms with E-state index in [1.165, 1.54) is 29.8 Å². The van der Waals surface area contributed by atoms with Crippen molar-refractivity contribution < 1.29 is 18.7 Å². The van der Waals surface area contributed by atoms with Crippen molar-refractivity contribution in [2.24, 2.45) is 0 Å². The summed E-state index contributed by atoms with van der Waals surface area (Å²) in [6, 6.07) is 13.2. The summed E-state index contributed by atoms with van der Waals surface area (Å²) in [6.45, 7) is 7.95. The van der Waals surface area contributed by atoms with E-state index < -0.39 is 17.9 Å². The molecule has 2 amide bonds. The highest BCUT2D eigenvalue weighted by Gasteiger charge is 2.17. The van der Waals surface area contributed by atoms with Gasteiger partial charge in [-0.15, -0.1) is 0 Å². The molecule has 0 fully saturated rings. The molecular weight excluding hydrogens is 347 g/mol. The zero-order valence-electron chi connectivity index (χ0n) is 16.0. The summed E-state index contributed by atoms with van der Waals surface area (Å²) in [5, 5.41) is 0. The summed E-state index contributed by atoms with van der Waals surface area (Å²) in [5.74, 6) is -0.670. The highest BCUT2D eigenvalue weighted by atomic mass is 19.1. The van der Waals surface area contributed by atoms with Crippen LogP contribution in [0.15, 0.2) is 48.5 Å². The predicted octanol–water partition coefficient (Wildman–Crippen LogP) is 3.28. The molecule has 0 unspecified atom stereocenters. The number of halogens is 1. The largest absolute Gasteiger partial charge is 0.481 e. The fourth-order valence-electron chi connectivity index (χ4n) is 2.36. The third-order valence-electron chi connectivity index (χ3n) is 4.01. The van der Waals surface area contributed by atoms with Gasteiger partial charge < -0.3 is 4.74 Å². The van der Waals surface area contributed by atoms with Crippen molar-refractivity contribution in [3.63, 3.8) is 0 Å². The molecule has 0 bridgehead atoms. The van der Waals surface area contributed by atoms with Gasteiger partial charge in [0.15, 0.2) is 6.10 Å². The quantitative estimate of drug-likeness (QED) is 0.792. The maximum absolute atomic E-state index is 12.9. The molecule has 5 nitrogen and oxygen atoms in total. The van der Waals surface area contributed by atoms with Crippen LogP contribution in [0.25, 0.3) is 0 Å². The summed E-state index contributed by atoms with van der Waals surface area (Å²) in [7, 11) is 0. The molecule has 0 spiro atoms. The van der Waals surface area contributed by atoms with Crippen molar-refractivity contribution in [3.05, 3.63) is 65.5 Å². The second kappa shape index (κ2) is 8.66. The minimum Gasteiger partial charge on any atom is -0.481 e. The first-order valence-corrected chi connectivity index (χ1v) is 8.75. The predicted molar refractivity (Wildman–Crippen MR) is 102 cm³/mol. The molecule has 0 aliphatic carbocycles. The number of carbonyl (C=O) groups excluding carboxylic acids is 2.